The summed E-state index contributed by atoms with van der Waals surface area (Å²) in [5.74, 6) is -3.05. The van der Waals surface area contributed by atoms with Crippen molar-refractivity contribution in [1.82, 2.24) is 10.5 Å². The van der Waals surface area contributed by atoms with Crippen LogP contribution >= 0.6 is 0 Å². The molecule has 9 heteroatoms. The van der Waals surface area contributed by atoms with Gasteiger partial charge in [0, 0.05) is 29.1 Å². The van der Waals surface area contributed by atoms with Gasteiger partial charge in [0.2, 0.25) is 0 Å². The summed E-state index contributed by atoms with van der Waals surface area (Å²) in [4.78, 5) is 34.3. The van der Waals surface area contributed by atoms with Crippen LogP contribution in [-0.2, 0) is 4.84 Å². The van der Waals surface area contributed by atoms with Crippen LogP contribution in [0.3, 0.4) is 0 Å². The Morgan fingerprint density at radius 2 is 1.94 bits per heavy atom. The number of hydrogen-bond acceptors (Lipinski definition) is 6. The Balaban J connectivity index is 1.87. The van der Waals surface area contributed by atoms with Crippen LogP contribution < -0.4 is 16.2 Å². The highest BCUT2D eigenvalue weighted by Gasteiger charge is 2.24. The van der Waals surface area contributed by atoms with E-state index in [4.69, 9.17) is 4.42 Å². The molecule has 0 fully saturated rings. The van der Waals surface area contributed by atoms with E-state index in [0.29, 0.717) is 33.4 Å². The van der Waals surface area contributed by atoms with Crippen molar-refractivity contribution in [3.05, 3.63) is 92.9 Å². The highest BCUT2D eigenvalue weighted by atomic mass is 19.2. The highest BCUT2D eigenvalue weighted by molar-refractivity contribution is 5.99. The van der Waals surface area contributed by atoms with E-state index >= 15 is 0 Å². The Morgan fingerprint density at radius 3 is 2.63 bits per heavy atom. The van der Waals surface area contributed by atoms with Gasteiger partial charge in [0.1, 0.15) is 16.9 Å². The molecule has 4 aromatic rings. The first kappa shape index (κ1) is 24.0. The summed E-state index contributed by atoms with van der Waals surface area (Å²) < 4.78 is 34.7. The van der Waals surface area contributed by atoms with Gasteiger partial charge >= 0.3 is 0 Å². The average Bonchev–Trinajstić information content (AvgIpc) is 2.84. The fourth-order valence-corrected chi connectivity index (χ4v) is 4.01. The van der Waals surface area contributed by atoms with Gasteiger partial charge in [0.25, 0.3) is 5.91 Å². The normalized spacial score (nSPS) is 11.9. The van der Waals surface area contributed by atoms with Crippen molar-refractivity contribution in [2.24, 2.45) is 0 Å². The van der Waals surface area contributed by atoms with Gasteiger partial charge in [-0.3, -0.25) is 19.4 Å². The molecule has 1 atom stereocenters. The molecule has 4 rings (SSSR count). The van der Waals surface area contributed by atoms with Crippen LogP contribution in [-0.4, -0.2) is 18.0 Å². The molecular weight excluding hydrogens is 456 g/mol. The molecule has 0 radical (unpaired) electrons. The summed E-state index contributed by atoms with van der Waals surface area (Å²) in [7, 11) is 1.19. The number of hydrogen-bond donors (Lipinski definition) is 2. The van der Waals surface area contributed by atoms with E-state index < -0.39 is 29.1 Å². The fourth-order valence-electron chi connectivity index (χ4n) is 4.01. The van der Waals surface area contributed by atoms with Crippen LogP contribution in [0.15, 0.2) is 58.0 Å². The number of pyridine rings is 1. The SMILES string of the molecule is CONC(=O)c1c(N[C@H](C)c2cc(C)cc3c(=O)c(C)c(-c4cccnc4)oc23)ccc(F)c1F. The second kappa shape index (κ2) is 9.63. The first-order chi connectivity index (χ1) is 16.7. The van der Waals surface area contributed by atoms with Crippen molar-refractivity contribution >= 4 is 22.6 Å². The summed E-state index contributed by atoms with van der Waals surface area (Å²) in [5, 5.41) is 3.44. The zero-order chi connectivity index (χ0) is 25.3. The Labute approximate surface area is 199 Å². The van der Waals surface area contributed by atoms with Gasteiger partial charge < -0.3 is 9.73 Å². The van der Waals surface area contributed by atoms with Crippen molar-refractivity contribution in [1.29, 1.82) is 0 Å². The van der Waals surface area contributed by atoms with Gasteiger partial charge in [-0.25, -0.2) is 14.3 Å². The highest BCUT2D eigenvalue weighted by Crippen LogP contribution is 2.33. The van der Waals surface area contributed by atoms with E-state index in [2.05, 4.69) is 15.1 Å². The molecule has 2 aromatic carbocycles. The minimum absolute atomic E-state index is 0.0440. The standard InChI is InChI=1S/C26H23F2N3O4/c1-13-10-17(15(3)30-20-8-7-19(27)22(28)21(20)26(33)31-34-4)25-18(11-13)23(32)14(2)24(35-25)16-6-5-9-29-12-16/h5-12,15,30H,1-4H3,(H,31,33)/t15-/m1/s1. The summed E-state index contributed by atoms with van der Waals surface area (Å²) >= 11 is 0. The van der Waals surface area contributed by atoms with Crippen molar-refractivity contribution in [3.63, 3.8) is 0 Å². The summed E-state index contributed by atoms with van der Waals surface area (Å²) in [5.41, 5.74) is 4.18. The number of anilines is 1. The first-order valence-corrected chi connectivity index (χ1v) is 10.8. The number of amides is 1. The third-order valence-corrected chi connectivity index (χ3v) is 5.67. The van der Waals surface area contributed by atoms with Gasteiger partial charge in [0.05, 0.1) is 24.2 Å². The first-order valence-electron chi connectivity index (χ1n) is 10.8. The number of halogens is 2. The van der Waals surface area contributed by atoms with Gasteiger partial charge in [-0.1, -0.05) is 6.07 Å². The van der Waals surface area contributed by atoms with Gasteiger partial charge in [-0.15, -0.1) is 0 Å². The maximum atomic E-state index is 14.5. The Kier molecular flexibility index (Phi) is 6.61. The Morgan fingerprint density at radius 1 is 1.17 bits per heavy atom. The number of carbonyl (C=O) groups is 1. The van der Waals surface area contributed by atoms with Gasteiger partial charge in [-0.2, -0.15) is 0 Å². The van der Waals surface area contributed by atoms with Crippen LogP contribution in [0.25, 0.3) is 22.3 Å². The second-order valence-electron chi connectivity index (χ2n) is 8.14. The smallest absolute Gasteiger partial charge is 0.280 e. The molecule has 7 nitrogen and oxygen atoms in total. The number of hydroxylamine groups is 1. The molecule has 180 valence electrons. The number of benzene rings is 2. The molecule has 2 aromatic heterocycles. The molecule has 1 amide bonds. The summed E-state index contributed by atoms with van der Waals surface area (Å²) in [6, 6.07) is 8.73. The predicted octanol–water partition coefficient (Wildman–Crippen LogP) is 5.21. The molecule has 0 saturated heterocycles. The number of nitrogens with zero attached hydrogens (tertiary/aromatic N) is 1. The minimum Gasteiger partial charge on any atom is -0.455 e. The molecule has 2 N–H and O–H groups in total. The number of carbonyl (C=O) groups excluding carboxylic acids is 1. The van der Waals surface area contributed by atoms with Crippen LogP contribution in [0.1, 0.15) is 40.0 Å². The second-order valence-corrected chi connectivity index (χ2v) is 8.14. The van der Waals surface area contributed by atoms with Crippen LogP contribution in [0, 0.1) is 25.5 Å². The third-order valence-electron chi connectivity index (χ3n) is 5.67. The van der Waals surface area contributed by atoms with Crippen LogP contribution in [0.5, 0.6) is 0 Å². The quantitative estimate of drug-likeness (QED) is 0.369. The number of aryl methyl sites for hydroxylation is 1. The lowest BCUT2D eigenvalue weighted by molar-refractivity contribution is 0.0533. The lowest BCUT2D eigenvalue weighted by atomic mass is 9.98. The maximum Gasteiger partial charge on any atom is 0.280 e. The number of aromatic nitrogens is 1. The number of rotatable bonds is 6. The monoisotopic (exact) mass is 479 g/mol. The Bertz CT molecular complexity index is 1490. The van der Waals surface area contributed by atoms with Gasteiger partial charge in [-0.05, 0) is 56.7 Å². The van der Waals surface area contributed by atoms with Crippen molar-refractivity contribution in [3.8, 4) is 11.3 Å². The third kappa shape index (κ3) is 4.50. The van der Waals surface area contributed by atoms with Crippen LogP contribution in [0.4, 0.5) is 14.5 Å². The van der Waals surface area contributed by atoms with E-state index in [0.717, 1.165) is 11.6 Å². The summed E-state index contributed by atoms with van der Waals surface area (Å²) in [6.45, 7) is 5.30. The topological polar surface area (TPSA) is 93.5 Å². The van der Waals surface area contributed by atoms with E-state index in [1.165, 1.54) is 13.2 Å². The molecule has 0 unspecified atom stereocenters. The molecule has 0 bridgehead atoms. The molecule has 0 saturated carbocycles. The summed E-state index contributed by atoms with van der Waals surface area (Å²) in [6.07, 6.45) is 3.23. The molecule has 0 spiro atoms. The molecule has 35 heavy (non-hydrogen) atoms. The van der Waals surface area contributed by atoms with Crippen molar-refractivity contribution in [2.75, 3.05) is 12.4 Å². The maximum absolute atomic E-state index is 14.5. The van der Waals surface area contributed by atoms with Crippen LogP contribution in [0.2, 0.25) is 0 Å². The van der Waals surface area contributed by atoms with E-state index in [1.54, 1.807) is 44.4 Å². The zero-order valence-electron chi connectivity index (χ0n) is 19.5. The minimum atomic E-state index is -1.31. The van der Waals surface area contributed by atoms with E-state index in [1.807, 2.05) is 18.5 Å². The molecular formula is C26H23F2N3O4. The molecule has 2 heterocycles. The zero-order valence-corrected chi connectivity index (χ0v) is 19.5. The molecule has 0 aliphatic rings. The van der Waals surface area contributed by atoms with Crippen molar-refractivity contribution < 1.29 is 22.8 Å². The molecule has 0 aliphatic heterocycles. The Hall–Kier alpha value is -4.11. The van der Waals surface area contributed by atoms with E-state index in [9.17, 15) is 18.4 Å². The fraction of sp³-hybridized carbons (Fsp3) is 0.192. The van der Waals surface area contributed by atoms with Crippen molar-refractivity contribution in [2.45, 2.75) is 26.8 Å². The average molecular weight is 479 g/mol. The van der Waals surface area contributed by atoms with Gasteiger partial charge in [0.15, 0.2) is 17.1 Å². The lowest BCUT2D eigenvalue weighted by Crippen LogP contribution is -2.25. The number of fused-ring (bicyclic) bond motifs is 1. The molecule has 0 aliphatic carbocycles. The lowest BCUT2D eigenvalue weighted by Gasteiger charge is -2.20. The number of nitrogens with one attached hydrogen (secondary N) is 2. The predicted molar refractivity (Wildman–Crippen MR) is 128 cm³/mol. The largest absolute Gasteiger partial charge is 0.455 e. The van der Waals surface area contributed by atoms with E-state index in [-0.39, 0.29) is 11.1 Å².